The molecule has 1 aliphatic carbocycles. The highest BCUT2D eigenvalue weighted by molar-refractivity contribution is 9.09. The van der Waals surface area contributed by atoms with Crippen molar-refractivity contribution in [2.24, 2.45) is 5.92 Å². The van der Waals surface area contributed by atoms with Crippen LogP contribution in [0.15, 0.2) is 0 Å². The second-order valence-electron chi connectivity index (χ2n) is 4.94. The highest BCUT2D eigenvalue weighted by Gasteiger charge is 2.37. The van der Waals surface area contributed by atoms with Crippen LogP contribution in [0, 0.1) is 5.92 Å². The Morgan fingerprint density at radius 1 is 1.19 bits per heavy atom. The smallest absolute Gasteiger partial charge is 0.212 e. The van der Waals surface area contributed by atoms with E-state index >= 15 is 0 Å². The molecule has 0 aromatic heterocycles. The van der Waals surface area contributed by atoms with E-state index in [0.29, 0.717) is 5.92 Å². The molecule has 0 aromatic carbocycles. The van der Waals surface area contributed by atoms with Crippen molar-refractivity contribution in [2.75, 3.05) is 18.4 Å². The maximum Gasteiger partial charge on any atom is 0.216 e. The zero-order chi connectivity index (χ0) is 11.6. The molecule has 1 atom stereocenters. The molecule has 0 amide bonds. The molecule has 0 bridgehead atoms. The predicted octanol–water partition coefficient (Wildman–Crippen LogP) is 2.37. The summed E-state index contributed by atoms with van der Waals surface area (Å²) in [5.41, 5.74) is 0. The van der Waals surface area contributed by atoms with Crippen molar-refractivity contribution in [3.63, 3.8) is 0 Å². The molecule has 2 aliphatic rings. The van der Waals surface area contributed by atoms with E-state index in [0.717, 1.165) is 56.9 Å². The summed E-state index contributed by atoms with van der Waals surface area (Å²) in [5, 5.41) is 0.907. The summed E-state index contributed by atoms with van der Waals surface area (Å²) < 4.78 is 26.3. The average molecular weight is 310 g/mol. The van der Waals surface area contributed by atoms with E-state index in [-0.39, 0.29) is 5.25 Å². The summed E-state index contributed by atoms with van der Waals surface area (Å²) in [7, 11) is -2.97. The van der Waals surface area contributed by atoms with Gasteiger partial charge < -0.3 is 0 Å². The van der Waals surface area contributed by atoms with Crippen LogP contribution < -0.4 is 0 Å². The molecule has 94 valence electrons. The Morgan fingerprint density at radius 2 is 1.88 bits per heavy atom. The first-order valence-electron chi connectivity index (χ1n) is 6.19. The lowest BCUT2D eigenvalue weighted by Crippen LogP contribution is -2.36. The topological polar surface area (TPSA) is 37.4 Å². The third-order valence-electron chi connectivity index (χ3n) is 3.85. The molecule has 0 N–H and O–H groups in total. The third kappa shape index (κ3) is 2.62. The number of halogens is 1. The molecule has 1 heterocycles. The van der Waals surface area contributed by atoms with Gasteiger partial charge in [-0.15, -0.1) is 0 Å². The van der Waals surface area contributed by atoms with Crippen molar-refractivity contribution in [2.45, 2.75) is 43.8 Å². The Morgan fingerprint density at radius 3 is 2.50 bits per heavy atom. The zero-order valence-corrected chi connectivity index (χ0v) is 12.0. The number of rotatable bonds is 4. The molecular formula is C11H20BrNO2S. The largest absolute Gasteiger partial charge is 0.216 e. The maximum atomic E-state index is 12.3. The molecular weight excluding hydrogens is 290 g/mol. The molecule has 0 radical (unpaired) electrons. The van der Waals surface area contributed by atoms with E-state index in [1.807, 2.05) is 0 Å². The van der Waals surface area contributed by atoms with E-state index in [4.69, 9.17) is 0 Å². The Labute approximate surface area is 107 Å². The summed E-state index contributed by atoms with van der Waals surface area (Å²) in [4.78, 5) is 0. The second kappa shape index (κ2) is 5.36. The van der Waals surface area contributed by atoms with E-state index in [9.17, 15) is 8.42 Å². The SMILES string of the molecule is O=S(=O)(C1CCCC1)N1CCC(CCBr)C1. The summed E-state index contributed by atoms with van der Waals surface area (Å²) in [5.74, 6) is 0.565. The fourth-order valence-corrected chi connectivity index (χ4v) is 5.59. The highest BCUT2D eigenvalue weighted by atomic mass is 79.9. The van der Waals surface area contributed by atoms with Gasteiger partial charge in [0.05, 0.1) is 5.25 Å². The minimum Gasteiger partial charge on any atom is -0.212 e. The van der Waals surface area contributed by atoms with Gasteiger partial charge in [-0.1, -0.05) is 28.8 Å². The fourth-order valence-electron chi connectivity index (χ4n) is 2.82. The second-order valence-corrected chi connectivity index (χ2v) is 7.95. The van der Waals surface area contributed by atoms with Gasteiger partial charge in [-0.05, 0) is 31.6 Å². The summed E-state index contributed by atoms with van der Waals surface area (Å²) in [6, 6.07) is 0. The van der Waals surface area contributed by atoms with E-state index in [1.54, 1.807) is 4.31 Å². The molecule has 2 fully saturated rings. The molecule has 3 nitrogen and oxygen atoms in total. The number of hydrogen-bond acceptors (Lipinski definition) is 2. The molecule has 2 rings (SSSR count). The van der Waals surface area contributed by atoms with Crippen LogP contribution >= 0.6 is 15.9 Å². The van der Waals surface area contributed by atoms with Crippen molar-refractivity contribution >= 4 is 26.0 Å². The molecule has 0 spiro atoms. The number of alkyl halides is 1. The van der Waals surface area contributed by atoms with E-state index in [2.05, 4.69) is 15.9 Å². The molecule has 5 heteroatoms. The van der Waals surface area contributed by atoms with Crippen molar-refractivity contribution in [3.05, 3.63) is 0 Å². The molecule has 16 heavy (non-hydrogen) atoms. The van der Waals surface area contributed by atoms with E-state index in [1.165, 1.54) is 0 Å². The zero-order valence-electron chi connectivity index (χ0n) is 9.57. The van der Waals surface area contributed by atoms with Crippen LogP contribution in [0.2, 0.25) is 0 Å². The van der Waals surface area contributed by atoms with E-state index < -0.39 is 10.0 Å². The van der Waals surface area contributed by atoms with Gasteiger partial charge in [0.15, 0.2) is 0 Å². The minimum absolute atomic E-state index is 0.0739. The normalized spacial score (nSPS) is 28.9. The van der Waals surface area contributed by atoms with Crippen LogP contribution in [0.3, 0.4) is 0 Å². The Balaban J connectivity index is 1.97. The monoisotopic (exact) mass is 309 g/mol. The first kappa shape index (κ1) is 12.8. The lowest BCUT2D eigenvalue weighted by atomic mass is 10.1. The summed E-state index contributed by atoms with van der Waals surface area (Å²) >= 11 is 3.43. The van der Waals surface area contributed by atoms with Gasteiger partial charge in [-0.2, -0.15) is 0 Å². The van der Waals surface area contributed by atoms with Crippen molar-refractivity contribution in [1.82, 2.24) is 4.31 Å². The van der Waals surface area contributed by atoms with Crippen molar-refractivity contribution < 1.29 is 8.42 Å². The predicted molar refractivity (Wildman–Crippen MR) is 69.3 cm³/mol. The van der Waals surface area contributed by atoms with Crippen LogP contribution in [0.1, 0.15) is 38.5 Å². The standard InChI is InChI=1S/C11H20BrNO2S/c12-7-5-10-6-8-13(9-10)16(14,15)11-3-1-2-4-11/h10-11H,1-9H2. The lowest BCUT2D eigenvalue weighted by Gasteiger charge is -2.20. The van der Waals surface area contributed by atoms with Gasteiger partial charge in [0.2, 0.25) is 10.0 Å². The Bertz CT molecular complexity index is 325. The van der Waals surface area contributed by atoms with Gasteiger partial charge in [-0.25, -0.2) is 12.7 Å². The van der Waals surface area contributed by atoms with Crippen molar-refractivity contribution in [3.8, 4) is 0 Å². The van der Waals surface area contributed by atoms with Gasteiger partial charge in [0.1, 0.15) is 0 Å². The molecule has 1 aliphatic heterocycles. The summed E-state index contributed by atoms with van der Waals surface area (Å²) in [6.45, 7) is 1.50. The maximum absolute atomic E-state index is 12.3. The highest BCUT2D eigenvalue weighted by Crippen LogP contribution is 2.31. The van der Waals surface area contributed by atoms with Crippen LogP contribution in [-0.2, 0) is 10.0 Å². The van der Waals surface area contributed by atoms with Gasteiger partial charge in [0.25, 0.3) is 0 Å². The number of sulfonamides is 1. The molecule has 0 aromatic rings. The van der Waals surface area contributed by atoms with Gasteiger partial charge in [-0.3, -0.25) is 0 Å². The first-order chi connectivity index (χ1) is 7.64. The quantitative estimate of drug-likeness (QED) is 0.748. The first-order valence-corrected chi connectivity index (χ1v) is 8.82. The van der Waals surface area contributed by atoms with Gasteiger partial charge in [0, 0.05) is 18.4 Å². The number of nitrogens with zero attached hydrogens (tertiary/aromatic N) is 1. The van der Waals surface area contributed by atoms with Crippen molar-refractivity contribution in [1.29, 1.82) is 0 Å². The van der Waals surface area contributed by atoms with Crippen LogP contribution in [0.5, 0.6) is 0 Å². The third-order valence-corrected chi connectivity index (χ3v) is 6.67. The molecule has 1 saturated carbocycles. The Kier molecular flexibility index (Phi) is 4.30. The summed E-state index contributed by atoms with van der Waals surface area (Å²) in [6.07, 6.45) is 6.06. The lowest BCUT2D eigenvalue weighted by molar-refractivity contribution is 0.444. The minimum atomic E-state index is -2.97. The van der Waals surface area contributed by atoms with Crippen LogP contribution in [-0.4, -0.2) is 36.4 Å². The van der Waals surface area contributed by atoms with Crippen LogP contribution in [0.4, 0.5) is 0 Å². The fraction of sp³-hybridized carbons (Fsp3) is 1.00. The number of hydrogen-bond donors (Lipinski definition) is 0. The average Bonchev–Trinajstić information content (AvgIpc) is 2.88. The van der Waals surface area contributed by atoms with Crippen LogP contribution in [0.25, 0.3) is 0 Å². The Hall–Kier alpha value is 0.390. The molecule has 1 unspecified atom stereocenters. The molecule has 1 saturated heterocycles. The van der Waals surface area contributed by atoms with Gasteiger partial charge >= 0.3 is 0 Å².